The van der Waals surface area contributed by atoms with E-state index < -0.39 is 0 Å². The fraction of sp³-hybridized carbons (Fsp3) is 0.667. The summed E-state index contributed by atoms with van der Waals surface area (Å²) in [5.74, 6) is 0. The zero-order valence-electron chi connectivity index (χ0n) is 6.19. The third-order valence-electron chi connectivity index (χ3n) is 1.77. The van der Waals surface area contributed by atoms with Crippen LogP contribution in [0.5, 0.6) is 0 Å². The molecule has 0 N–H and O–H groups in total. The zero-order chi connectivity index (χ0) is 6.53. The van der Waals surface area contributed by atoms with Crippen LogP contribution >= 0.6 is 0 Å². The van der Waals surface area contributed by atoms with Crippen molar-refractivity contribution in [3.8, 4) is 0 Å². The molecule has 0 nitrogen and oxygen atoms in total. The van der Waals surface area contributed by atoms with Gasteiger partial charge in [-0.1, -0.05) is 25.0 Å². The highest BCUT2D eigenvalue weighted by molar-refractivity contribution is 5.16. The van der Waals surface area contributed by atoms with Gasteiger partial charge in [-0.3, -0.25) is 0 Å². The molecular formula is C9H15. The Bertz CT molecular complexity index is 101. The van der Waals surface area contributed by atoms with Gasteiger partial charge in [0.15, 0.2) is 0 Å². The minimum Gasteiger partial charge on any atom is -0.0850 e. The Labute approximate surface area is 58.0 Å². The number of hydrogen-bond acceptors (Lipinski definition) is 0. The molecule has 1 aliphatic carbocycles. The van der Waals surface area contributed by atoms with Crippen molar-refractivity contribution in [2.24, 2.45) is 0 Å². The van der Waals surface area contributed by atoms with Crippen LogP contribution in [0.4, 0.5) is 0 Å². The van der Waals surface area contributed by atoms with Crippen LogP contribution in [0.2, 0.25) is 0 Å². The third-order valence-corrected chi connectivity index (χ3v) is 1.77. The molecule has 51 valence electrons. The van der Waals surface area contributed by atoms with Crippen LogP contribution in [0.1, 0.15) is 39.0 Å². The highest BCUT2D eigenvalue weighted by Gasteiger charge is 2.02. The molecule has 0 atom stereocenters. The predicted molar refractivity (Wildman–Crippen MR) is 41.1 cm³/mol. The first-order valence-electron chi connectivity index (χ1n) is 3.95. The molecule has 1 radical (unpaired) electrons. The summed E-state index contributed by atoms with van der Waals surface area (Å²) in [6.45, 7) is 2.23. The van der Waals surface area contributed by atoms with Gasteiger partial charge in [-0.2, -0.15) is 0 Å². The van der Waals surface area contributed by atoms with Gasteiger partial charge in [0.2, 0.25) is 0 Å². The van der Waals surface area contributed by atoms with Gasteiger partial charge in [0.25, 0.3) is 0 Å². The number of unbranched alkanes of at least 4 members (excludes halogenated alkanes) is 1. The van der Waals surface area contributed by atoms with Crippen LogP contribution in [0.25, 0.3) is 0 Å². The summed E-state index contributed by atoms with van der Waals surface area (Å²) in [4.78, 5) is 0. The van der Waals surface area contributed by atoms with Crippen molar-refractivity contribution in [2.75, 3.05) is 0 Å². The third kappa shape index (κ3) is 2.21. The van der Waals surface area contributed by atoms with Gasteiger partial charge in [-0.25, -0.2) is 0 Å². The SMILES string of the molecule is CCC[CH]C1=CCCC1. The molecule has 0 amide bonds. The molecule has 1 aliphatic rings. The Hall–Kier alpha value is -0.260. The van der Waals surface area contributed by atoms with Gasteiger partial charge in [0, 0.05) is 0 Å². The van der Waals surface area contributed by atoms with Crippen LogP contribution in [0.3, 0.4) is 0 Å². The molecule has 0 bridgehead atoms. The molecule has 1 rings (SSSR count). The minimum absolute atomic E-state index is 1.27. The summed E-state index contributed by atoms with van der Waals surface area (Å²) >= 11 is 0. The topological polar surface area (TPSA) is 0 Å². The normalized spacial score (nSPS) is 18.1. The molecule has 0 saturated heterocycles. The Balaban J connectivity index is 2.11. The van der Waals surface area contributed by atoms with Gasteiger partial charge in [0.05, 0.1) is 0 Å². The van der Waals surface area contributed by atoms with Crippen molar-refractivity contribution >= 4 is 0 Å². The lowest BCUT2D eigenvalue weighted by Gasteiger charge is -1.96. The molecule has 0 heteroatoms. The summed E-state index contributed by atoms with van der Waals surface area (Å²) in [6.07, 6.45) is 11.3. The number of rotatable bonds is 3. The van der Waals surface area contributed by atoms with E-state index in [1.807, 2.05) is 0 Å². The fourth-order valence-electron chi connectivity index (χ4n) is 1.21. The van der Waals surface area contributed by atoms with E-state index in [9.17, 15) is 0 Å². The Morgan fingerprint density at radius 2 is 2.56 bits per heavy atom. The lowest BCUT2D eigenvalue weighted by molar-refractivity contribution is 0.864. The summed E-state index contributed by atoms with van der Waals surface area (Å²) < 4.78 is 0. The summed E-state index contributed by atoms with van der Waals surface area (Å²) in [5.41, 5.74) is 1.59. The maximum Gasteiger partial charge on any atom is -0.0138 e. The second-order valence-corrected chi connectivity index (χ2v) is 2.66. The molecule has 0 fully saturated rings. The zero-order valence-corrected chi connectivity index (χ0v) is 6.19. The lowest BCUT2D eigenvalue weighted by atomic mass is 10.1. The predicted octanol–water partition coefficient (Wildman–Crippen LogP) is 3.10. The van der Waals surface area contributed by atoms with Gasteiger partial charge in [-0.15, -0.1) is 0 Å². The van der Waals surface area contributed by atoms with Crippen molar-refractivity contribution in [1.29, 1.82) is 0 Å². The van der Waals surface area contributed by atoms with Crippen molar-refractivity contribution in [2.45, 2.75) is 39.0 Å². The van der Waals surface area contributed by atoms with E-state index in [0.29, 0.717) is 0 Å². The van der Waals surface area contributed by atoms with Crippen LogP contribution < -0.4 is 0 Å². The number of allylic oxidation sites excluding steroid dienone is 2. The first kappa shape index (κ1) is 6.85. The molecule has 0 aromatic carbocycles. The minimum atomic E-state index is 1.27. The highest BCUT2D eigenvalue weighted by atomic mass is 14.1. The molecule has 0 unspecified atom stereocenters. The van der Waals surface area contributed by atoms with Gasteiger partial charge in [-0.05, 0) is 32.1 Å². The summed E-state index contributed by atoms with van der Waals surface area (Å²) in [5, 5.41) is 0. The van der Waals surface area contributed by atoms with Crippen molar-refractivity contribution < 1.29 is 0 Å². The van der Waals surface area contributed by atoms with E-state index >= 15 is 0 Å². The molecular weight excluding hydrogens is 108 g/mol. The molecule has 0 spiro atoms. The van der Waals surface area contributed by atoms with Crippen molar-refractivity contribution in [3.05, 3.63) is 18.1 Å². The van der Waals surface area contributed by atoms with Gasteiger partial charge in [0.1, 0.15) is 0 Å². The van der Waals surface area contributed by atoms with Crippen LogP contribution in [-0.4, -0.2) is 0 Å². The molecule has 0 aromatic rings. The Morgan fingerprint density at radius 3 is 3.11 bits per heavy atom. The molecule has 9 heavy (non-hydrogen) atoms. The average molecular weight is 123 g/mol. The molecule has 0 saturated carbocycles. The maximum atomic E-state index is 2.38. The Morgan fingerprint density at radius 1 is 1.67 bits per heavy atom. The van der Waals surface area contributed by atoms with E-state index in [0.717, 1.165) is 0 Å². The van der Waals surface area contributed by atoms with E-state index in [2.05, 4.69) is 19.4 Å². The monoisotopic (exact) mass is 123 g/mol. The second-order valence-electron chi connectivity index (χ2n) is 2.66. The fourth-order valence-corrected chi connectivity index (χ4v) is 1.21. The summed E-state index contributed by atoms with van der Waals surface area (Å²) in [7, 11) is 0. The van der Waals surface area contributed by atoms with E-state index in [-0.39, 0.29) is 0 Å². The lowest BCUT2D eigenvalue weighted by Crippen LogP contribution is -1.78. The van der Waals surface area contributed by atoms with Gasteiger partial charge >= 0.3 is 0 Å². The van der Waals surface area contributed by atoms with E-state index in [1.54, 1.807) is 5.57 Å². The maximum absolute atomic E-state index is 2.38. The highest BCUT2D eigenvalue weighted by Crippen LogP contribution is 2.21. The largest absolute Gasteiger partial charge is 0.0850 e. The van der Waals surface area contributed by atoms with E-state index in [4.69, 9.17) is 0 Å². The standard InChI is InChI=1S/C9H15/c1-2-3-6-9-7-4-5-8-9/h6-7H,2-5,8H2,1H3. The summed E-state index contributed by atoms with van der Waals surface area (Å²) in [6, 6.07) is 0. The number of hydrogen-bond donors (Lipinski definition) is 0. The molecule has 0 aliphatic heterocycles. The first-order chi connectivity index (χ1) is 4.43. The smallest absolute Gasteiger partial charge is 0.0138 e. The Kier molecular flexibility index (Phi) is 2.82. The van der Waals surface area contributed by atoms with Crippen LogP contribution in [0.15, 0.2) is 11.6 Å². The van der Waals surface area contributed by atoms with Crippen LogP contribution in [-0.2, 0) is 0 Å². The van der Waals surface area contributed by atoms with Crippen molar-refractivity contribution in [3.63, 3.8) is 0 Å². The average Bonchev–Trinajstić information content (AvgIpc) is 2.34. The van der Waals surface area contributed by atoms with Gasteiger partial charge < -0.3 is 0 Å². The second kappa shape index (κ2) is 3.71. The molecule has 0 aromatic heterocycles. The molecule has 0 heterocycles. The van der Waals surface area contributed by atoms with Crippen LogP contribution in [0, 0.1) is 6.42 Å². The quantitative estimate of drug-likeness (QED) is 0.541. The van der Waals surface area contributed by atoms with E-state index in [1.165, 1.54) is 32.1 Å². The van der Waals surface area contributed by atoms with Crippen molar-refractivity contribution in [1.82, 2.24) is 0 Å². The first-order valence-corrected chi connectivity index (χ1v) is 3.95.